The molecular formula is C7H11ClF2N2. The highest BCUT2D eigenvalue weighted by molar-refractivity contribution is 5.85. The summed E-state index contributed by atoms with van der Waals surface area (Å²) < 4.78 is 23.6. The quantitative estimate of drug-likeness (QED) is 0.764. The van der Waals surface area contributed by atoms with E-state index in [4.69, 9.17) is 5.73 Å². The van der Waals surface area contributed by atoms with Gasteiger partial charge < -0.3 is 10.7 Å². The van der Waals surface area contributed by atoms with Crippen molar-refractivity contribution in [1.82, 2.24) is 4.98 Å². The maximum Gasteiger partial charge on any atom is 0.240 e. The molecule has 0 aliphatic rings. The Morgan fingerprint density at radius 2 is 2.17 bits per heavy atom. The summed E-state index contributed by atoms with van der Waals surface area (Å²) >= 11 is 0. The zero-order chi connectivity index (χ0) is 8.27. The van der Waals surface area contributed by atoms with Crippen molar-refractivity contribution in [1.29, 1.82) is 0 Å². The van der Waals surface area contributed by atoms with E-state index in [-0.39, 0.29) is 18.8 Å². The molecule has 0 saturated carbocycles. The van der Waals surface area contributed by atoms with Gasteiger partial charge in [0.25, 0.3) is 0 Å². The van der Waals surface area contributed by atoms with E-state index in [1.54, 1.807) is 18.3 Å². The van der Waals surface area contributed by atoms with E-state index < -0.39 is 12.5 Å². The second-order valence-corrected chi connectivity index (χ2v) is 2.36. The Morgan fingerprint density at radius 3 is 2.58 bits per heavy atom. The largest absolute Gasteiger partial charge is 0.364 e. The average molecular weight is 197 g/mol. The normalized spacial score (nSPS) is 12.7. The van der Waals surface area contributed by atoms with Gasteiger partial charge in [0, 0.05) is 18.3 Å². The number of hydrogen-bond donors (Lipinski definition) is 2. The fourth-order valence-electron chi connectivity index (χ4n) is 0.894. The molecule has 1 heterocycles. The van der Waals surface area contributed by atoms with Crippen molar-refractivity contribution in [3.63, 3.8) is 0 Å². The first-order valence-electron chi connectivity index (χ1n) is 3.37. The SMILES string of the molecule is Cl.N[C@@H](CC(F)F)c1ccc[nH]1. The lowest BCUT2D eigenvalue weighted by molar-refractivity contribution is 0.128. The van der Waals surface area contributed by atoms with E-state index in [1.807, 2.05) is 0 Å². The summed E-state index contributed by atoms with van der Waals surface area (Å²) in [5, 5.41) is 0. The molecule has 0 aliphatic carbocycles. The number of alkyl halides is 2. The van der Waals surface area contributed by atoms with E-state index in [0.29, 0.717) is 5.69 Å². The van der Waals surface area contributed by atoms with Crippen LogP contribution in [0, 0.1) is 0 Å². The topological polar surface area (TPSA) is 41.8 Å². The lowest BCUT2D eigenvalue weighted by atomic mass is 10.2. The van der Waals surface area contributed by atoms with Gasteiger partial charge in [-0.1, -0.05) is 0 Å². The van der Waals surface area contributed by atoms with Crippen LogP contribution in [0.25, 0.3) is 0 Å². The Hall–Kier alpha value is -0.610. The van der Waals surface area contributed by atoms with Gasteiger partial charge in [0.2, 0.25) is 6.43 Å². The Balaban J connectivity index is 0.00000121. The van der Waals surface area contributed by atoms with Crippen molar-refractivity contribution in [2.24, 2.45) is 5.73 Å². The van der Waals surface area contributed by atoms with E-state index in [9.17, 15) is 8.78 Å². The molecule has 0 aromatic carbocycles. The van der Waals surface area contributed by atoms with Crippen LogP contribution in [0.2, 0.25) is 0 Å². The zero-order valence-electron chi connectivity index (χ0n) is 6.34. The molecule has 70 valence electrons. The third-order valence-electron chi connectivity index (χ3n) is 1.45. The van der Waals surface area contributed by atoms with Crippen molar-refractivity contribution in [2.75, 3.05) is 0 Å². The van der Waals surface area contributed by atoms with E-state index >= 15 is 0 Å². The van der Waals surface area contributed by atoms with Crippen molar-refractivity contribution < 1.29 is 8.78 Å². The fourth-order valence-corrected chi connectivity index (χ4v) is 0.894. The van der Waals surface area contributed by atoms with Crippen molar-refractivity contribution in [3.8, 4) is 0 Å². The van der Waals surface area contributed by atoms with Crippen molar-refractivity contribution >= 4 is 12.4 Å². The van der Waals surface area contributed by atoms with Gasteiger partial charge in [-0.15, -0.1) is 12.4 Å². The number of hydrogen-bond acceptors (Lipinski definition) is 1. The van der Waals surface area contributed by atoms with Crippen LogP contribution in [0.4, 0.5) is 8.78 Å². The lowest BCUT2D eigenvalue weighted by Crippen LogP contribution is -2.14. The molecule has 1 aromatic heterocycles. The Labute approximate surface area is 75.6 Å². The van der Waals surface area contributed by atoms with Gasteiger partial charge in [-0.05, 0) is 12.1 Å². The van der Waals surface area contributed by atoms with Crippen molar-refractivity contribution in [2.45, 2.75) is 18.9 Å². The molecular weight excluding hydrogens is 186 g/mol. The van der Waals surface area contributed by atoms with Gasteiger partial charge in [-0.2, -0.15) is 0 Å². The van der Waals surface area contributed by atoms with E-state index in [2.05, 4.69) is 4.98 Å². The Morgan fingerprint density at radius 1 is 1.50 bits per heavy atom. The molecule has 0 spiro atoms. The van der Waals surface area contributed by atoms with Crippen LogP contribution in [0.1, 0.15) is 18.2 Å². The summed E-state index contributed by atoms with van der Waals surface area (Å²) in [4.78, 5) is 2.78. The van der Waals surface area contributed by atoms with Gasteiger partial charge in [-0.3, -0.25) is 0 Å². The number of rotatable bonds is 3. The molecule has 0 amide bonds. The molecule has 0 aliphatic heterocycles. The molecule has 3 N–H and O–H groups in total. The summed E-state index contributed by atoms with van der Waals surface area (Å²) in [7, 11) is 0. The van der Waals surface area contributed by atoms with Gasteiger partial charge in [0.05, 0.1) is 6.04 Å². The van der Waals surface area contributed by atoms with Gasteiger partial charge in [0.1, 0.15) is 0 Å². The highest BCUT2D eigenvalue weighted by Gasteiger charge is 2.12. The fraction of sp³-hybridized carbons (Fsp3) is 0.429. The monoisotopic (exact) mass is 196 g/mol. The number of nitrogens with one attached hydrogen (secondary N) is 1. The third-order valence-corrected chi connectivity index (χ3v) is 1.45. The summed E-state index contributed by atoms with van der Waals surface area (Å²) in [6, 6.07) is 2.86. The average Bonchev–Trinajstić information content (AvgIpc) is 2.35. The minimum Gasteiger partial charge on any atom is -0.364 e. The minimum atomic E-state index is -2.34. The van der Waals surface area contributed by atoms with Crippen molar-refractivity contribution in [3.05, 3.63) is 24.0 Å². The highest BCUT2D eigenvalue weighted by atomic mass is 35.5. The van der Waals surface area contributed by atoms with Crippen LogP contribution >= 0.6 is 12.4 Å². The molecule has 0 radical (unpaired) electrons. The highest BCUT2D eigenvalue weighted by Crippen LogP contribution is 2.15. The van der Waals surface area contributed by atoms with Gasteiger partial charge in [0.15, 0.2) is 0 Å². The van der Waals surface area contributed by atoms with Crippen LogP contribution in [-0.4, -0.2) is 11.4 Å². The van der Waals surface area contributed by atoms with Crippen LogP contribution in [0.5, 0.6) is 0 Å². The Kier molecular flexibility index (Phi) is 4.85. The molecule has 5 heteroatoms. The summed E-state index contributed by atoms with van der Waals surface area (Å²) in [6.45, 7) is 0. The molecule has 0 fully saturated rings. The predicted octanol–water partition coefficient (Wildman–Crippen LogP) is 2.09. The maximum atomic E-state index is 11.8. The number of H-pyrrole nitrogens is 1. The molecule has 0 saturated heterocycles. The second-order valence-electron chi connectivity index (χ2n) is 2.36. The molecule has 0 unspecified atom stereocenters. The predicted molar refractivity (Wildman–Crippen MR) is 45.6 cm³/mol. The molecule has 2 nitrogen and oxygen atoms in total. The maximum absolute atomic E-state index is 11.8. The number of aromatic nitrogens is 1. The standard InChI is InChI=1S/C7H10F2N2.ClH/c8-7(9)4-5(10)6-2-1-3-11-6;/h1-3,5,7,11H,4,10H2;1H/t5-;/m0./s1. The number of halogens is 3. The lowest BCUT2D eigenvalue weighted by Gasteiger charge is -2.07. The smallest absolute Gasteiger partial charge is 0.240 e. The van der Waals surface area contributed by atoms with Gasteiger partial charge in [-0.25, -0.2) is 8.78 Å². The summed E-state index contributed by atoms with van der Waals surface area (Å²) in [5.41, 5.74) is 6.09. The Bertz CT molecular complexity index is 201. The van der Waals surface area contributed by atoms with Crippen LogP contribution < -0.4 is 5.73 Å². The number of aromatic amines is 1. The molecule has 1 atom stereocenters. The summed E-state index contributed by atoms with van der Waals surface area (Å²) in [5.74, 6) is 0. The molecule has 0 bridgehead atoms. The van der Waals surface area contributed by atoms with E-state index in [1.165, 1.54) is 0 Å². The molecule has 1 rings (SSSR count). The number of nitrogens with two attached hydrogens (primary N) is 1. The van der Waals surface area contributed by atoms with Crippen LogP contribution in [-0.2, 0) is 0 Å². The van der Waals surface area contributed by atoms with Crippen LogP contribution in [0.15, 0.2) is 18.3 Å². The first kappa shape index (κ1) is 11.4. The third kappa shape index (κ3) is 3.19. The molecule has 1 aromatic rings. The van der Waals surface area contributed by atoms with Crippen LogP contribution in [0.3, 0.4) is 0 Å². The van der Waals surface area contributed by atoms with Gasteiger partial charge >= 0.3 is 0 Å². The first-order valence-corrected chi connectivity index (χ1v) is 3.37. The second kappa shape index (κ2) is 5.11. The first-order chi connectivity index (χ1) is 5.20. The summed E-state index contributed by atoms with van der Waals surface area (Å²) in [6.07, 6.45) is -0.963. The zero-order valence-corrected chi connectivity index (χ0v) is 7.15. The van der Waals surface area contributed by atoms with E-state index in [0.717, 1.165) is 0 Å². The minimum absolute atomic E-state index is 0. The molecule has 12 heavy (non-hydrogen) atoms.